The lowest BCUT2D eigenvalue weighted by atomic mass is 9.87. The van der Waals surface area contributed by atoms with Crippen LogP contribution in [-0.2, 0) is 0 Å². The van der Waals surface area contributed by atoms with Gasteiger partial charge in [0.2, 0.25) is 0 Å². The van der Waals surface area contributed by atoms with E-state index in [0.29, 0.717) is 12.1 Å². The second kappa shape index (κ2) is 4.60. The summed E-state index contributed by atoms with van der Waals surface area (Å²) in [4.78, 5) is 2.59. The van der Waals surface area contributed by atoms with Gasteiger partial charge in [-0.05, 0) is 38.8 Å². The lowest BCUT2D eigenvalue weighted by Gasteiger charge is -2.35. The number of likely N-dealkylation sites (tertiary alicyclic amines) is 1. The second-order valence-corrected chi connectivity index (χ2v) is 4.76. The van der Waals surface area contributed by atoms with Gasteiger partial charge in [-0.15, -0.1) is 0 Å². The predicted molar refractivity (Wildman–Crippen MR) is 59.3 cm³/mol. The Morgan fingerprint density at radius 2 is 2.21 bits per heavy atom. The Kier molecular flexibility index (Phi) is 3.42. The van der Waals surface area contributed by atoms with E-state index in [1.54, 1.807) is 0 Å². The van der Waals surface area contributed by atoms with Gasteiger partial charge in [-0.3, -0.25) is 4.90 Å². The number of nitrogens with two attached hydrogens (primary N) is 1. The molecular weight excluding hydrogens is 174 g/mol. The fourth-order valence-corrected chi connectivity index (χ4v) is 2.67. The molecule has 1 aliphatic carbocycles. The molecule has 3 heteroatoms. The predicted octanol–water partition coefficient (Wildman–Crippen LogP) is 0.550. The van der Waals surface area contributed by atoms with Crippen LogP contribution >= 0.6 is 0 Å². The van der Waals surface area contributed by atoms with Crippen molar-refractivity contribution in [2.24, 2.45) is 5.73 Å². The van der Waals surface area contributed by atoms with Gasteiger partial charge >= 0.3 is 0 Å². The molecule has 1 aliphatic heterocycles. The van der Waals surface area contributed by atoms with Crippen molar-refractivity contribution in [3.05, 3.63) is 0 Å². The van der Waals surface area contributed by atoms with E-state index >= 15 is 0 Å². The molecule has 14 heavy (non-hydrogen) atoms. The summed E-state index contributed by atoms with van der Waals surface area (Å²) in [5.41, 5.74) is 5.76. The van der Waals surface area contributed by atoms with Crippen molar-refractivity contribution in [1.29, 1.82) is 0 Å². The number of rotatable bonds is 4. The van der Waals surface area contributed by atoms with Gasteiger partial charge in [0.25, 0.3) is 0 Å². The first-order valence-corrected chi connectivity index (χ1v) is 6.02. The molecule has 82 valence electrons. The maximum atomic E-state index is 5.76. The van der Waals surface area contributed by atoms with Gasteiger partial charge in [0.15, 0.2) is 0 Å². The molecule has 1 unspecified atom stereocenters. The van der Waals surface area contributed by atoms with Crippen LogP contribution in [-0.4, -0.2) is 42.7 Å². The molecule has 1 heterocycles. The Bertz CT molecular complexity index is 177. The first kappa shape index (κ1) is 10.4. The van der Waals surface area contributed by atoms with E-state index < -0.39 is 0 Å². The van der Waals surface area contributed by atoms with E-state index in [9.17, 15) is 0 Å². The molecule has 0 aromatic carbocycles. The van der Waals surface area contributed by atoms with Gasteiger partial charge < -0.3 is 11.1 Å². The lowest BCUT2D eigenvalue weighted by molar-refractivity contribution is 0.226. The quantitative estimate of drug-likeness (QED) is 0.691. The van der Waals surface area contributed by atoms with Crippen LogP contribution in [0.4, 0.5) is 0 Å². The first-order valence-electron chi connectivity index (χ1n) is 6.02. The third-order valence-corrected chi connectivity index (χ3v) is 3.72. The molecule has 0 aromatic rings. The molecule has 2 rings (SSSR count). The number of nitrogens with one attached hydrogen (secondary N) is 1. The monoisotopic (exact) mass is 197 g/mol. The minimum atomic E-state index is 0.471. The smallest absolute Gasteiger partial charge is 0.0221 e. The number of nitrogens with zero attached hydrogens (tertiary/aromatic N) is 1. The van der Waals surface area contributed by atoms with Crippen LogP contribution in [0.25, 0.3) is 0 Å². The minimum Gasteiger partial charge on any atom is -0.328 e. The van der Waals surface area contributed by atoms with E-state index in [1.807, 2.05) is 0 Å². The summed E-state index contributed by atoms with van der Waals surface area (Å²) in [5.74, 6) is 0. The summed E-state index contributed by atoms with van der Waals surface area (Å²) in [6.45, 7) is 5.94. The second-order valence-electron chi connectivity index (χ2n) is 4.76. The van der Waals surface area contributed by atoms with Crippen LogP contribution < -0.4 is 11.1 Å². The number of hydrogen-bond donors (Lipinski definition) is 2. The van der Waals surface area contributed by atoms with Crippen molar-refractivity contribution in [2.75, 3.05) is 19.6 Å². The topological polar surface area (TPSA) is 41.3 Å². The molecule has 0 amide bonds. The van der Waals surface area contributed by atoms with Crippen molar-refractivity contribution >= 4 is 0 Å². The van der Waals surface area contributed by atoms with Crippen LogP contribution in [0.5, 0.6) is 0 Å². The molecule has 2 aliphatic rings. The Morgan fingerprint density at radius 1 is 1.43 bits per heavy atom. The summed E-state index contributed by atoms with van der Waals surface area (Å²) in [7, 11) is 0. The highest BCUT2D eigenvalue weighted by Crippen LogP contribution is 2.20. The van der Waals surface area contributed by atoms with Crippen molar-refractivity contribution in [3.8, 4) is 0 Å². The third-order valence-electron chi connectivity index (χ3n) is 3.72. The largest absolute Gasteiger partial charge is 0.328 e. The summed E-state index contributed by atoms with van der Waals surface area (Å²) < 4.78 is 0. The van der Waals surface area contributed by atoms with Crippen molar-refractivity contribution < 1.29 is 0 Å². The van der Waals surface area contributed by atoms with Crippen LogP contribution in [0.2, 0.25) is 0 Å². The molecule has 0 radical (unpaired) electrons. The molecule has 0 bridgehead atoms. The van der Waals surface area contributed by atoms with Gasteiger partial charge in [-0.25, -0.2) is 0 Å². The normalized spacial score (nSPS) is 38.6. The summed E-state index contributed by atoms with van der Waals surface area (Å²) in [6, 6.07) is 1.97. The Labute approximate surface area is 87.0 Å². The fourth-order valence-electron chi connectivity index (χ4n) is 2.67. The number of likely N-dealkylation sites (N-methyl/N-ethyl adjacent to an activating group) is 1. The van der Waals surface area contributed by atoms with E-state index in [2.05, 4.69) is 17.1 Å². The van der Waals surface area contributed by atoms with Gasteiger partial charge in [-0.2, -0.15) is 0 Å². The Balaban J connectivity index is 1.65. The Morgan fingerprint density at radius 3 is 2.86 bits per heavy atom. The molecule has 1 saturated carbocycles. The maximum absolute atomic E-state index is 5.76. The SMILES string of the molecule is CCN1CCCC1CNC1CC(N)C1. The van der Waals surface area contributed by atoms with Crippen LogP contribution in [0, 0.1) is 0 Å². The molecule has 1 saturated heterocycles. The minimum absolute atomic E-state index is 0.471. The summed E-state index contributed by atoms with van der Waals surface area (Å²) in [6.07, 6.45) is 5.11. The third kappa shape index (κ3) is 2.27. The zero-order valence-electron chi connectivity index (χ0n) is 9.21. The van der Waals surface area contributed by atoms with E-state index in [4.69, 9.17) is 5.73 Å². The van der Waals surface area contributed by atoms with Crippen molar-refractivity contribution in [3.63, 3.8) is 0 Å². The Hall–Kier alpha value is -0.120. The summed E-state index contributed by atoms with van der Waals surface area (Å²) in [5, 5.41) is 3.63. The average Bonchev–Trinajstić information content (AvgIpc) is 2.57. The van der Waals surface area contributed by atoms with Gasteiger partial charge in [0, 0.05) is 24.7 Å². The van der Waals surface area contributed by atoms with E-state index in [1.165, 1.54) is 45.3 Å². The van der Waals surface area contributed by atoms with Crippen molar-refractivity contribution in [2.45, 2.75) is 50.7 Å². The lowest BCUT2D eigenvalue weighted by Crippen LogP contribution is -2.51. The van der Waals surface area contributed by atoms with Crippen LogP contribution in [0.15, 0.2) is 0 Å². The highest BCUT2D eigenvalue weighted by molar-refractivity contribution is 4.89. The summed E-state index contributed by atoms with van der Waals surface area (Å²) >= 11 is 0. The highest BCUT2D eigenvalue weighted by atomic mass is 15.2. The zero-order valence-corrected chi connectivity index (χ0v) is 9.21. The maximum Gasteiger partial charge on any atom is 0.0221 e. The fraction of sp³-hybridized carbons (Fsp3) is 1.00. The molecule has 1 atom stereocenters. The molecule has 0 aromatic heterocycles. The highest BCUT2D eigenvalue weighted by Gasteiger charge is 2.28. The van der Waals surface area contributed by atoms with E-state index in [-0.39, 0.29) is 0 Å². The first-order chi connectivity index (χ1) is 6.79. The molecule has 0 spiro atoms. The van der Waals surface area contributed by atoms with Crippen LogP contribution in [0.1, 0.15) is 32.6 Å². The molecular formula is C11H23N3. The standard InChI is InChI=1S/C11H23N3/c1-2-14-5-3-4-11(14)8-13-10-6-9(12)7-10/h9-11,13H,2-8,12H2,1H3. The molecule has 3 N–H and O–H groups in total. The van der Waals surface area contributed by atoms with Gasteiger partial charge in [0.05, 0.1) is 0 Å². The van der Waals surface area contributed by atoms with E-state index in [0.717, 1.165) is 6.04 Å². The van der Waals surface area contributed by atoms with Gasteiger partial charge in [-0.1, -0.05) is 6.92 Å². The molecule has 2 fully saturated rings. The zero-order chi connectivity index (χ0) is 9.97. The van der Waals surface area contributed by atoms with Crippen LogP contribution in [0.3, 0.4) is 0 Å². The van der Waals surface area contributed by atoms with Crippen molar-refractivity contribution in [1.82, 2.24) is 10.2 Å². The number of hydrogen-bond acceptors (Lipinski definition) is 3. The average molecular weight is 197 g/mol. The molecule has 3 nitrogen and oxygen atoms in total. The van der Waals surface area contributed by atoms with Gasteiger partial charge in [0.1, 0.15) is 0 Å².